The maximum absolute atomic E-state index is 11.1. The normalized spacial score (nSPS) is 11.0. The summed E-state index contributed by atoms with van der Waals surface area (Å²) in [6, 6.07) is 16.0. The van der Waals surface area contributed by atoms with Crippen LogP contribution in [0.2, 0.25) is 5.15 Å². The number of rotatable bonds is 5. The van der Waals surface area contributed by atoms with Crippen LogP contribution >= 0.6 is 11.6 Å². The number of nitro groups is 1. The third-order valence-electron chi connectivity index (χ3n) is 5.31. The van der Waals surface area contributed by atoms with Gasteiger partial charge in [-0.1, -0.05) is 23.7 Å². The van der Waals surface area contributed by atoms with Crippen LogP contribution in [0.25, 0.3) is 27.8 Å². The van der Waals surface area contributed by atoms with Gasteiger partial charge in [-0.25, -0.2) is 15.0 Å². The van der Waals surface area contributed by atoms with Crippen molar-refractivity contribution in [2.75, 3.05) is 0 Å². The Labute approximate surface area is 193 Å². The highest BCUT2D eigenvalue weighted by Crippen LogP contribution is 2.42. The molecule has 162 valence electrons. The molecule has 3 heterocycles. The van der Waals surface area contributed by atoms with Crippen molar-refractivity contribution in [1.82, 2.24) is 19.4 Å². The van der Waals surface area contributed by atoms with Gasteiger partial charge in [0.1, 0.15) is 5.75 Å². The Bertz CT molecular complexity index is 1470. The molecule has 33 heavy (non-hydrogen) atoms. The highest BCUT2D eigenvalue weighted by molar-refractivity contribution is 6.33. The van der Waals surface area contributed by atoms with Crippen molar-refractivity contribution in [3.63, 3.8) is 0 Å². The number of nitrogens with zero attached hydrogens (tertiary/aromatic N) is 5. The van der Waals surface area contributed by atoms with E-state index in [1.165, 1.54) is 12.1 Å². The zero-order valence-electron chi connectivity index (χ0n) is 17.3. The van der Waals surface area contributed by atoms with Crippen LogP contribution in [-0.2, 0) is 0 Å². The summed E-state index contributed by atoms with van der Waals surface area (Å²) in [4.78, 5) is 23.1. The zero-order chi connectivity index (χ0) is 22.9. The van der Waals surface area contributed by atoms with E-state index < -0.39 is 4.92 Å². The van der Waals surface area contributed by atoms with Crippen LogP contribution in [0.15, 0.2) is 79.4 Å². The van der Waals surface area contributed by atoms with Crippen LogP contribution in [0.4, 0.5) is 5.69 Å². The molecule has 0 radical (unpaired) electrons. The Balaban J connectivity index is 1.65. The van der Waals surface area contributed by atoms with E-state index >= 15 is 0 Å². The summed E-state index contributed by atoms with van der Waals surface area (Å²) in [6.45, 7) is 1.98. The van der Waals surface area contributed by atoms with E-state index in [2.05, 4.69) is 15.0 Å². The summed E-state index contributed by atoms with van der Waals surface area (Å²) < 4.78 is 7.68. The van der Waals surface area contributed by atoms with Gasteiger partial charge >= 0.3 is 6.01 Å². The molecule has 0 saturated heterocycles. The summed E-state index contributed by atoms with van der Waals surface area (Å²) in [5.41, 5.74) is 5.25. The standard InChI is InChI=1S/C24H16ClN5O3/c1-15-20(16-3-7-18(8-4-16)30(31)32)21(22-23(25)26-13-14-29(15)22)17-5-9-19(10-6-17)33-24-27-11-2-12-28-24/h2-14H,1H3. The van der Waals surface area contributed by atoms with Crippen LogP contribution in [-0.4, -0.2) is 24.3 Å². The number of non-ortho nitro benzene ring substituents is 1. The first-order valence-electron chi connectivity index (χ1n) is 9.98. The molecule has 0 spiro atoms. The Hall–Kier alpha value is -4.30. The van der Waals surface area contributed by atoms with Crippen molar-refractivity contribution in [3.05, 3.63) is 100 Å². The summed E-state index contributed by atoms with van der Waals surface area (Å²) in [6.07, 6.45) is 6.71. The maximum Gasteiger partial charge on any atom is 0.321 e. The predicted molar refractivity (Wildman–Crippen MR) is 125 cm³/mol. The molecule has 0 aliphatic rings. The predicted octanol–water partition coefficient (Wildman–Crippen LogP) is 6.12. The first-order valence-corrected chi connectivity index (χ1v) is 10.4. The molecular formula is C24H16ClN5O3. The van der Waals surface area contributed by atoms with Gasteiger partial charge in [0.15, 0.2) is 5.15 Å². The molecule has 0 bridgehead atoms. The SMILES string of the molecule is Cc1c(-c2ccc([N+](=O)[O-])cc2)c(-c2ccc(Oc3ncccn3)cc2)c2c(Cl)nccn12. The van der Waals surface area contributed by atoms with E-state index in [1.54, 1.807) is 36.8 Å². The van der Waals surface area contributed by atoms with Crippen LogP contribution in [0.1, 0.15) is 5.69 Å². The second kappa shape index (κ2) is 8.33. The molecule has 0 aliphatic heterocycles. The summed E-state index contributed by atoms with van der Waals surface area (Å²) in [5.74, 6) is 0.589. The van der Waals surface area contributed by atoms with E-state index in [0.717, 1.165) is 33.5 Å². The molecule has 2 aromatic carbocycles. The summed E-state index contributed by atoms with van der Waals surface area (Å²) >= 11 is 6.53. The van der Waals surface area contributed by atoms with Crippen LogP contribution < -0.4 is 4.74 Å². The van der Waals surface area contributed by atoms with Gasteiger partial charge in [-0.3, -0.25) is 10.1 Å². The highest BCUT2D eigenvalue weighted by Gasteiger charge is 2.21. The van der Waals surface area contributed by atoms with Crippen molar-refractivity contribution in [2.24, 2.45) is 0 Å². The first kappa shape index (κ1) is 20.6. The van der Waals surface area contributed by atoms with Gasteiger partial charge in [0.05, 0.1) is 10.4 Å². The third kappa shape index (κ3) is 3.77. The number of nitro benzene ring substituents is 1. The third-order valence-corrected chi connectivity index (χ3v) is 5.59. The van der Waals surface area contributed by atoms with Gasteiger partial charge < -0.3 is 9.14 Å². The summed E-state index contributed by atoms with van der Waals surface area (Å²) in [5, 5.41) is 11.5. The minimum atomic E-state index is -0.413. The second-order valence-electron chi connectivity index (χ2n) is 7.23. The van der Waals surface area contributed by atoms with Crippen molar-refractivity contribution < 1.29 is 9.66 Å². The van der Waals surface area contributed by atoms with Crippen LogP contribution in [0.5, 0.6) is 11.8 Å². The van der Waals surface area contributed by atoms with Gasteiger partial charge in [-0.2, -0.15) is 0 Å². The molecular weight excluding hydrogens is 442 g/mol. The van der Waals surface area contributed by atoms with Gasteiger partial charge in [0, 0.05) is 53.7 Å². The molecule has 9 heteroatoms. The van der Waals surface area contributed by atoms with Gasteiger partial charge in [0.25, 0.3) is 5.69 Å². The molecule has 0 saturated carbocycles. The minimum Gasteiger partial charge on any atom is -0.424 e. The average Bonchev–Trinajstić information content (AvgIpc) is 3.14. The molecule has 8 nitrogen and oxygen atoms in total. The van der Waals surface area contributed by atoms with Crippen molar-refractivity contribution in [2.45, 2.75) is 6.92 Å². The fourth-order valence-corrected chi connectivity index (χ4v) is 4.08. The molecule has 0 atom stereocenters. The quantitative estimate of drug-likeness (QED) is 0.233. The van der Waals surface area contributed by atoms with Crippen LogP contribution in [0, 0.1) is 17.0 Å². The van der Waals surface area contributed by atoms with Crippen molar-refractivity contribution in [3.8, 4) is 34.0 Å². The number of ether oxygens (including phenoxy) is 1. The van der Waals surface area contributed by atoms with Crippen molar-refractivity contribution in [1.29, 1.82) is 0 Å². The fraction of sp³-hybridized carbons (Fsp3) is 0.0417. The summed E-state index contributed by atoms with van der Waals surface area (Å²) in [7, 11) is 0. The molecule has 5 aromatic rings. The minimum absolute atomic E-state index is 0.0334. The largest absolute Gasteiger partial charge is 0.424 e. The molecule has 0 amide bonds. The van der Waals surface area contributed by atoms with Crippen molar-refractivity contribution >= 4 is 22.8 Å². The lowest BCUT2D eigenvalue weighted by Crippen LogP contribution is -1.90. The maximum atomic E-state index is 11.1. The number of benzene rings is 2. The second-order valence-corrected chi connectivity index (χ2v) is 7.59. The van der Waals surface area contributed by atoms with E-state index in [1.807, 2.05) is 41.8 Å². The lowest BCUT2D eigenvalue weighted by atomic mass is 9.95. The monoisotopic (exact) mass is 457 g/mol. The van der Waals surface area contributed by atoms with E-state index in [9.17, 15) is 10.1 Å². The zero-order valence-corrected chi connectivity index (χ0v) is 18.1. The number of aromatic nitrogens is 4. The molecule has 0 aliphatic carbocycles. The Morgan fingerprint density at radius 2 is 1.55 bits per heavy atom. The van der Waals surface area contributed by atoms with Gasteiger partial charge in [0.2, 0.25) is 0 Å². The Morgan fingerprint density at radius 3 is 2.21 bits per heavy atom. The van der Waals surface area contributed by atoms with E-state index in [4.69, 9.17) is 16.3 Å². The lowest BCUT2D eigenvalue weighted by Gasteiger charge is -2.09. The topological polar surface area (TPSA) is 95.5 Å². The molecule has 3 aromatic heterocycles. The van der Waals surface area contributed by atoms with Crippen LogP contribution in [0.3, 0.4) is 0 Å². The Kier molecular flexibility index (Phi) is 5.20. The van der Waals surface area contributed by atoms with Gasteiger partial charge in [-0.05, 0) is 48.4 Å². The molecule has 0 unspecified atom stereocenters. The number of hydrogen-bond donors (Lipinski definition) is 0. The molecule has 0 N–H and O–H groups in total. The fourth-order valence-electron chi connectivity index (χ4n) is 3.84. The number of halogens is 1. The smallest absolute Gasteiger partial charge is 0.321 e. The molecule has 0 fully saturated rings. The number of fused-ring (bicyclic) bond motifs is 1. The number of aryl methyl sites for hydroxylation is 1. The first-order chi connectivity index (χ1) is 16.0. The average molecular weight is 458 g/mol. The Morgan fingerprint density at radius 1 is 0.909 bits per heavy atom. The van der Waals surface area contributed by atoms with E-state index in [0.29, 0.717) is 10.9 Å². The molecule has 5 rings (SSSR count). The number of hydrogen-bond acceptors (Lipinski definition) is 6. The van der Waals surface area contributed by atoms with E-state index in [-0.39, 0.29) is 11.7 Å². The lowest BCUT2D eigenvalue weighted by molar-refractivity contribution is -0.384. The highest BCUT2D eigenvalue weighted by atomic mass is 35.5. The van der Waals surface area contributed by atoms with Gasteiger partial charge in [-0.15, -0.1) is 0 Å².